The largest absolute Gasteiger partial charge is 0.481 e. The minimum atomic E-state index is -0.911. The molecule has 0 saturated carbocycles. The number of pyridine rings is 1. The van der Waals surface area contributed by atoms with Gasteiger partial charge in [-0.15, -0.1) is 0 Å². The third-order valence-electron chi connectivity index (χ3n) is 5.27. The highest BCUT2D eigenvalue weighted by molar-refractivity contribution is 6.03. The van der Waals surface area contributed by atoms with Crippen LogP contribution in [-0.2, 0) is 0 Å². The number of nitrogens with one attached hydrogen (secondary N) is 2. The van der Waals surface area contributed by atoms with Crippen molar-refractivity contribution in [1.82, 2.24) is 20.2 Å². The first-order valence-electron chi connectivity index (χ1n) is 9.46. The van der Waals surface area contributed by atoms with Crippen LogP contribution in [0, 0.1) is 0 Å². The van der Waals surface area contributed by atoms with Crippen molar-refractivity contribution >= 4 is 22.9 Å². The van der Waals surface area contributed by atoms with E-state index in [1.165, 1.54) is 4.90 Å². The smallest absolute Gasteiger partial charge is 0.407 e. The summed E-state index contributed by atoms with van der Waals surface area (Å²) in [5.41, 5.74) is 3.25. The Balaban J connectivity index is 1.53. The molecular weight excluding hydrogens is 372 g/mol. The summed E-state index contributed by atoms with van der Waals surface area (Å²) in [6.07, 6.45) is 2.06. The summed E-state index contributed by atoms with van der Waals surface area (Å²) >= 11 is 0. The number of methoxy groups -OCH3 is 1. The van der Waals surface area contributed by atoms with Crippen LogP contribution in [-0.4, -0.2) is 58.2 Å². The molecule has 1 aliphatic rings. The summed E-state index contributed by atoms with van der Waals surface area (Å²) in [6.45, 7) is 0.864. The SMILES string of the molecule is COc1ccc(-c2cccc3[nH]c(C(=O)NC4CCN(C(=O)O)CC4)cc23)cn1. The summed E-state index contributed by atoms with van der Waals surface area (Å²) < 4.78 is 5.11. The number of nitrogens with zero attached hydrogens (tertiary/aromatic N) is 2. The molecule has 1 aromatic carbocycles. The number of aromatic nitrogens is 2. The average Bonchev–Trinajstić information content (AvgIpc) is 3.19. The van der Waals surface area contributed by atoms with E-state index < -0.39 is 6.09 Å². The van der Waals surface area contributed by atoms with Crippen LogP contribution in [0.4, 0.5) is 4.79 Å². The zero-order valence-corrected chi connectivity index (χ0v) is 16.0. The number of carboxylic acid groups (broad SMARTS) is 1. The summed E-state index contributed by atoms with van der Waals surface area (Å²) in [4.78, 5) is 32.6. The Morgan fingerprint density at radius 2 is 2.03 bits per heavy atom. The van der Waals surface area contributed by atoms with Crippen molar-refractivity contribution in [3.63, 3.8) is 0 Å². The van der Waals surface area contributed by atoms with Crippen LogP contribution in [0.3, 0.4) is 0 Å². The second kappa shape index (κ2) is 7.83. The number of carbonyl (C=O) groups is 2. The van der Waals surface area contributed by atoms with Gasteiger partial charge in [-0.2, -0.15) is 0 Å². The second-order valence-corrected chi connectivity index (χ2v) is 7.06. The van der Waals surface area contributed by atoms with Crippen molar-refractivity contribution in [1.29, 1.82) is 0 Å². The summed E-state index contributed by atoms with van der Waals surface area (Å²) in [5.74, 6) is 0.359. The Kier molecular flexibility index (Phi) is 5.07. The lowest BCUT2D eigenvalue weighted by Crippen LogP contribution is -2.46. The fraction of sp³-hybridized carbons (Fsp3) is 0.286. The number of aromatic amines is 1. The van der Waals surface area contributed by atoms with Crippen LogP contribution in [0.25, 0.3) is 22.0 Å². The van der Waals surface area contributed by atoms with E-state index in [0.717, 1.165) is 22.0 Å². The Hall–Kier alpha value is -3.55. The summed E-state index contributed by atoms with van der Waals surface area (Å²) in [6, 6.07) is 11.4. The van der Waals surface area contributed by atoms with Crippen LogP contribution in [0.5, 0.6) is 5.88 Å². The van der Waals surface area contributed by atoms with Crippen LogP contribution >= 0.6 is 0 Å². The molecule has 1 aliphatic heterocycles. The number of likely N-dealkylation sites (tertiary alicyclic amines) is 1. The molecular formula is C21H22N4O4. The summed E-state index contributed by atoms with van der Waals surface area (Å²) in [5, 5.41) is 13.0. The normalized spacial score (nSPS) is 14.7. The van der Waals surface area contributed by atoms with Gasteiger partial charge in [0.1, 0.15) is 5.69 Å². The van der Waals surface area contributed by atoms with Gasteiger partial charge in [-0.1, -0.05) is 12.1 Å². The van der Waals surface area contributed by atoms with E-state index in [1.807, 2.05) is 30.3 Å². The van der Waals surface area contributed by atoms with E-state index in [9.17, 15) is 9.59 Å². The van der Waals surface area contributed by atoms with Crippen molar-refractivity contribution in [2.45, 2.75) is 18.9 Å². The topological polar surface area (TPSA) is 108 Å². The molecule has 2 aromatic heterocycles. The molecule has 2 amide bonds. The molecule has 4 rings (SSSR count). The molecule has 0 atom stereocenters. The molecule has 0 bridgehead atoms. The predicted molar refractivity (Wildman–Crippen MR) is 108 cm³/mol. The van der Waals surface area contributed by atoms with Crippen LogP contribution in [0.15, 0.2) is 42.6 Å². The number of piperidine rings is 1. The van der Waals surface area contributed by atoms with E-state index >= 15 is 0 Å². The van der Waals surface area contributed by atoms with Crippen molar-refractivity contribution in [3.05, 3.63) is 48.3 Å². The molecule has 1 fully saturated rings. The number of benzene rings is 1. The maximum Gasteiger partial charge on any atom is 0.407 e. The quantitative estimate of drug-likeness (QED) is 0.630. The van der Waals surface area contributed by atoms with Crippen LogP contribution < -0.4 is 10.1 Å². The number of hydrogen-bond donors (Lipinski definition) is 3. The highest BCUT2D eigenvalue weighted by atomic mass is 16.5. The lowest BCUT2D eigenvalue weighted by molar-refractivity contribution is 0.0903. The van der Waals surface area contributed by atoms with Gasteiger partial charge in [0.05, 0.1) is 7.11 Å². The molecule has 0 aliphatic carbocycles. The highest BCUT2D eigenvalue weighted by Gasteiger charge is 2.24. The molecule has 0 radical (unpaired) electrons. The van der Waals surface area contributed by atoms with Gasteiger partial charge in [-0.25, -0.2) is 9.78 Å². The molecule has 29 heavy (non-hydrogen) atoms. The average molecular weight is 394 g/mol. The summed E-state index contributed by atoms with van der Waals surface area (Å²) in [7, 11) is 1.57. The maximum atomic E-state index is 12.7. The van der Waals surface area contributed by atoms with Gasteiger partial charge in [0.2, 0.25) is 5.88 Å². The number of ether oxygens (including phenoxy) is 1. The fourth-order valence-corrected chi connectivity index (χ4v) is 3.67. The first-order valence-corrected chi connectivity index (χ1v) is 9.46. The molecule has 0 spiro atoms. The lowest BCUT2D eigenvalue weighted by atomic mass is 10.0. The first-order chi connectivity index (χ1) is 14.0. The third-order valence-corrected chi connectivity index (χ3v) is 5.27. The van der Waals surface area contributed by atoms with Crippen LogP contribution in [0.2, 0.25) is 0 Å². The monoisotopic (exact) mass is 394 g/mol. The molecule has 3 N–H and O–H groups in total. The van der Waals surface area contributed by atoms with E-state index in [1.54, 1.807) is 19.4 Å². The van der Waals surface area contributed by atoms with Gasteiger partial charge in [0, 0.05) is 47.9 Å². The Labute approximate surface area is 167 Å². The molecule has 3 heterocycles. The van der Waals surface area contributed by atoms with Gasteiger partial charge in [-0.05, 0) is 36.6 Å². The zero-order chi connectivity index (χ0) is 20.4. The lowest BCUT2D eigenvalue weighted by Gasteiger charge is -2.30. The van der Waals surface area contributed by atoms with Crippen molar-refractivity contribution < 1.29 is 19.4 Å². The second-order valence-electron chi connectivity index (χ2n) is 7.06. The van der Waals surface area contributed by atoms with Gasteiger partial charge < -0.3 is 25.0 Å². The third kappa shape index (κ3) is 3.87. The molecule has 150 valence electrons. The maximum absolute atomic E-state index is 12.7. The standard InChI is InChI=1S/C21H22N4O4/c1-29-19-6-5-13(12-22-19)15-3-2-4-17-16(15)11-18(24-17)20(26)23-14-7-9-25(10-8-14)21(27)28/h2-6,11-12,14,24H,7-10H2,1H3,(H,23,26)(H,27,28). The highest BCUT2D eigenvalue weighted by Crippen LogP contribution is 2.29. The van der Waals surface area contributed by atoms with Gasteiger partial charge in [-0.3, -0.25) is 4.79 Å². The van der Waals surface area contributed by atoms with E-state index in [4.69, 9.17) is 9.84 Å². The van der Waals surface area contributed by atoms with E-state index in [-0.39, 0.29) is 11.9 Å². The van der Waals surface area contributed by atoms with Crippen molar-refractivity contribution in [3.8, 4) is 17.0 Å². The molecule has 0 unspecified atom stereocenters. The first kappa shape index (κ1) is 18.8. The Morgan fingerprint density at radius 1 is 1.24 bits per heavy atom. The van der Waals surface area contributed by atoms with Gasteiger partial charge in [0.25, 0.3) is 5.91 Å². The van der Waals surface area contributed by atoms with E-state index in [0.29, 0.717) is 37.5 Å². The number of amides is 2. The number of hydrogen-bond acceptors (Lipinski definition) is 4. The van der Waals surface area contributed by atoms with Gasteiger partial charge >= 0.3 is 6.09 Å². The van der Waals surface area contributed by atoms with Gasteiger partial charge in [0.15, 0.2) is 0 Å². The number of fused-ring (bicyclic) bond motifs is 1. The Bertz CT molecular complexity index is 1040. The van der Waals surface area contributed by atoms with Crippen molar-refractivity contribution in [2.24, 2.45) is 0 Å². The molecule has 1 saturated heterocycles. The van der Waals surface area contributed by atoms with E-state index in [2.05, 4.69) is 15.3 Å². The number of rotatable bonds is 4. The van der Waals surface area contributed by atoms with Crippen LogP contribution in [0.1, 0.15) is 23.3 Å². The fourth-order valence-electron chi connectivity index (χ4n) is 3.67. The molecule has 8 nitrogen and oxygen atoms in total. The number of carbonyl (C=O) groups excluding carboxylic acids is 1. The number of H-pyrrole nitrogens is 1. The zero-order valence-electron chi connectivity index (χ0n) is 16.0. The minimum Gasteiger partial charge on any atom is -0.481 e. The predicted octanol–water partition coefficient (Wildman–Crippen LogP) is 3.11. The molecule has 3 aromatic rings. The molecule has 8 heteroatoms. The van der Waals surface area contributed by atoms with Crippen molar-refractivity contribution in [2.75, 3.05) is 20.2 Å². The Morgan fingerprint density at radius 3 is 2.69 bits per heavy atom. The minimum absolute atomic E-state index is 0.0326.